The number of benzene rings is 2. The number of hydrogen-bond acceptors (Lipinski definition) is 0. The second kappa shape index (κ2) is 2.48. The Kier molecular flexibility index (Phi) is 1.38. The fourth-order valence-corrected chi connectivity index (χ4v) is 2.38. The average Bonchev–Trinajstić information content (AvgIpc) is 2.58. The van der Waals surface area contributed by atoms with Gasteiger partial charge in [-0.15, -0.1) is 0 Å². The molecule has 14 heavy (non-hydrogen) atoms. The molecule has 1 aliphatic rings. The van der Waals surface area contributed by atoms with Crippen LogP contribution in [0.5, 0.6) is 0 Å². The van der Waals surface area contributed by atoms with Gasteiger partial charge >= 0.3 is 0 Å². The number of aryl methyl sites for hydroxylation is 2. The van der Waals surface area contributed by atoms with Crippen LogP contribution in [0, 0.1) is 13.8 Å². The molecule has 0 heterocycles. The van der Waals surface area contributed by atoms with Crippen LogP contribution in [-0.2, 0) is 0 Å². The predicted octanol–water partition coefficient (Wildman–Crippen LogP) is 3.94. The van der Waals surface area contributed by atoms with Crippen LogP contribution >= 0.6 is 0 Å². The molecule has 1 aliphatic carbocycles. The van der Waals surface area contributed by atoms with E-state index >= 15 is 0 Å². The van der Waals surface area contributed by atoms with Crippen molar-refractivity contribution in [2.24, 2.45) is 0 Å². The zero-order chi connectivity index (χ0) is 9.71. The minimum Gasteiger partial charge on any atom is -0.0581 e. The molecule has 0 saturated carbocycles. The van der Waals surface area contributed by atoms with E-state index in [1.54, 1.807) is 0 Å². The lowest BCUT2D eigenvalue weighted by Crippen LogP contribution is -1.86. The molecule has 0 nitrogen and oxygen atoms in total. The van der Waals surface area contributed by atoms with E-state index in [4.69, 9.17) is 0 Å². The largest absolute Gasteiger partial charge is 0.0581 e. The SMILES string of the molecule is Cc1ccc2c3c(ccc(C)c13)C=C2. The van der Waals surface area contributed by atoms with Gasteiger partial charge < -0.3 is 0 Å². The van der Waals surface area contributed by atoms with E-state index in [0.29, 0.717) is 0 Å². The summed E-state index contributed by atoms with van der Waals surface area (Å²) in [6, 6.07) is 8.85. The van der Waals surface area contributed by atoms with Crippen molar-refractivity contribution < 1.29 is 0 Å². The van der Waals surface area contributed by atoms with Gasteiger partial charge in [-0.1, -0.05) is 36.4 Å². The van der Waals surface area contributed by atoms with Crippen LogP contribution in [0.15, 0.2) is 24.3 Å². The Bertz CT molecular complexity index is 513. The lowest BCUT2D eigenvalue weighted by atomic mass is 9.96. The van der Waals surface area contributed by atoms with Crippen molar-refractivity contribution in [3.05, 3.63) is 46.5 Å². The van der Waals surface area contributed by atoms with Gasteiger partial charge in [-0.25, -0.2) is 0 Å². The maximum absolute atomic E-state index is 2.21. The first-order chi connectivity index (χ1) is 6.77. The summed E-state index contributed by atoms with van der Waals surface area (Å²) < 4.78 is 0. The van der Waals surface area contributed by atoms with Crippen LogP contribution in [0.4, 0.5) is 0 Å². The first kappa shape index (κ1) is 7.81. The summed E-state index contributed by atoms with van der Waals surface area (Å²) in [6.45, 7) is 4.38. The normalized spacial score (nSPS) is 12.7. The molecule has 2 aromatic rings. The van der Waals surface area contributed by atoms with Crippen molar-refractivity contribution in [1.82, 2.24) is 0 Å². The molecule has 0 N–H and O–H groups in total. The average molecular weight is 180 g/mol. The second-order valence-electron chi connectivity index (χ2n) is 4.03. The van der Waals surface area contributed by atoms with Crippen molar-refractivity contribution in [2.45, 2.75) is 13.8 Å². The van der Waals surface area contributed by atoms with Gasteiger partial charge in [0.15, 0.2) is 0 Å². The van der Waals surface area contributed by atoms with Crippen molar-refractivity contribution in [3.8, 4) is 0 Å². The van der Waals surface area contributed by atoms with Gasteiger partial charge in [0.1, 0.15) is 0 Å². The maximum atomic E-state index is 2.21. The third-order valence-electron chi connectivity index (χ3n) is 3.08. The van der Waals surface area contributed by atoms with Crippen LogP contribution in [0.2, 0.25) is 0 Å². The summed E-state index contributed by atoms with van der Waals surface area (Å²) >= 11 is 0. The van der Waals surface area contributed by atoms with Crippen molar-refractivity contribution in [1.29, 1.82) is 0 Å². The molecule has 0 amide bonds. The van der Waals surface area contributed by atoms with Gasteiger partial charge in [0, 0.05) is 0 Å². The molecule has 0 saturated heterocycles. The Hall–Kier alpha value is -1.56. The molecule has 0 aliphatic heterocycles. The van der Waals surface area contributed by atoms with E-state index in [2.05, 4.69) is 50.3 Å². The highest BCUT2D eigenvalue weighted by atomic mass is 14.1. The zero-order valence-electron chi connectivity index (χ0n) is 8.46. The van der Waals surface area contributed by atoms with Gasteiger partial charge in [-0.3, -0.25) is 0 Å². The Morgan fingerprint density at radius 1 is 0.643 bits per heavy atom. The van der Waals surface area contributed by atoms with Crippen LogP contribution in [-0.4, -0.2) is 0 Å². The summed E-state index contributed by atoms with van der Waals surface area (Å²) in [4.78, 5) is 0. The number of rotatable bonds is 0. The minimum atomic E-state index is 1.37. The lowest BCUT2D eigenvalue weighted by Gasteiger charge is -2.08. The van der Waals surface area contributed by atoms with E-state index in [9.17, 15) is 0 Å². The first-order valence-corrected chi connectivity index (χ1v) is 4.98. The van der Waals surface area contributed by atoms with Gasteiger partial charge in [0.25, 0.3) is 0 Å². The maximum Gasteiger partial charge on any atom is -0.00335 e. The Morgan fingerprint density at radius 2 is 1.14 bits per heavy atom. The van der Waals surface area contributed by atoms with Crippen LogP contribution in [0.1, 0.15) is 22.3 Å². The monoisotopic (exact) mass is 180 g/mol. The van der Waals surface area contributed by atoms with Crippen molar-refractivity contribution >= 4 is 22.9 Å². The predicted molar refractivity (Wildman–Crippen MR) is 62.4 cm³/mol. The highest BCUT2D eigenvalue weighted by Crippen LogP contribution is 2.34. The van der Waals surface area contributed by atoms with Gasteiger partial charge in [-0.2, -0.15) is 0 Å². The Labute approximate surface area is 83.9 Å². The Balaban J connectivity index is 2.64. The quantitative estimate of drug-likeness (QED) is 0.491. The van der Waals surface area contributed by atoms with E-state index in [1.807, 2.05) is 0 Å². The van der Waals surface area contributed by atoms with E-state index < -0.39 is 0 Å². The molecule has 0 atom stereocenters. The fourth-order valence-electron chi connectivity index (χ4n) is 2.38. The summed E-state index contributed by atoms with van der Waals surface area (Å²) in [7, 11) is 0. The van der Waals surface area contributed by atoms with E-state index in [0.717, 1.165) is 0 Å². The molecule has 0 unspecified atom stereocenters. The molecule has 0 heteroatoms. The molecule has 0 bridgehead atoms. The third-order valence-corrected chi connectivity index (χ3v) is 3.08. The van der Waals surface area contributed by atoms with Gasteiger partial charge in [0.05, 0.1) is 0 Å². The highest BCUT2D eigenvalue weighted by Gasteiger charge is 2.11. The van der Waals surface area contributed by atoms with Gasteiger partial charge in [0.2, 0.25) is 0 Å². The molecule has 3 rings (SSSR count). The molecule has 0 fully saturated rings. The van der Waals surface area contributed by atoms with Crippen LogP contribution in [0.25, 0.3) is 22.9 Å². The standard InChI is InChI=1S/C14H12/c1-9-3-5-11-7-8-12-6-4-10(2)13(9)14(11)12/h3-8H,1-2H3. The minimum absolute atomic E-state index is 1.37. The molecular weight excluding hydrogens is 168 g/mol. The zero-order valence-corrected chi connectivity index (χ0v) is 8.46. The molecule has 0 radical (unpaired) electrons. The van der Waals surface area contributed by atoms with Crippen molar-refractivity contribution in [3.63, 3.8) is 0 Å². The lowest BCUT2D eigenvalue weighted by molar-refractivity contribution is 1.46. The van der Waals surface area contributed by atoms with Crippen LogP contribution < -0.4 is 0 Å². The van der Waals surface area contributed by atoms with Crippen LogP contribution in [0.3, 0.4) is 0 Å². The number of hydrogen-bond donors (Lipinski definition) is 0. The molecule has 68 valence electrons. The fraction of sp³-hybridized carbons (Fsp3) is 0.143. The summed E-state index contributed by atoms with van der Waals surface area (Å²) in [6.07, 6.45) is 4.41. The summed E-state index contributed by atoms with van der Waals surface area (Å²) in [5.41, 5.74) is 5.49. The van der Waals surface area contributed by atoms with E-state index in [1.165, 1.54) is 33.0 Å². The molecule has 2 aromatic carbocycles. The first-order valence-electron chi connectivity index (χ1n) is 4.98. The topological polar surface area (TPSA) is 0 Å². The summed E-state index contributed by atoms with van der Waals surface area (Å²) in [5, 5.41) is 2.87. The summed E-state index contributed by atoms with van der Waals surface area (Å²) in [5.74, 6) is 0. The molecule has 0 spiro atoms. The Morgan fingerprint density at radius 3 is 1.64 bits per heavy atom. The second-order valence-corrected chi connectivity index (χ2v) is 4.03. The van der Waals surface area contributed by atoms with Gasteiger partial charge in [-0.05, 0) is 46.9 Å². The highest BCUT2D eigenvalue weighted by molar-refractivity contribution is 6.07. The van der Waals surface area contributed by atoms with Crippen molar-refractivity contribution in [2.75, 3.05) is 0 Å². The molecular formula is C14H12. The smallest absolute Gasteiger partial charge is 0.00335 e. The third kappa shape index (κ3) is 0.832. The molecule has 0 aromatic heterocycles. The van der Waals surface area contributed by atoms with E-state index in [-0.39, 0.29) is 0 Å².